The average molecular weight is 302 g/mol. The van der Waals surface area contributed by atoms with Gasteiger partial charge in [0.25, 0.3) is 0 Å². The number of urea groups is 1. The molecule has 1 aliphatic rings. The number of nitrogens with one attached hydrogen (secondary N) is 2. The largest absolute Gasteiger partial charge is 0.481 e. The maximum atomic E-state index is 11.9. The van der Waals surface area contributed by atoms with E-state index in [2.05, 4.69) is 16.9 Å². The molecule has 0 aliphatic heterocycles. The van der Waals surface area contributed by atoms with Crippen molar-refractivity contribution in [1.29, 1.82) is 0 Å². The van der Waals surface area contributed by atoms with Crippen LogP contribution in [0.3, 0.4) is 0 Å². The van der Waals surface area contributed by atoms with Gasteiger partial charge < -0.3 is 15.7 Å². The summed E-state index contributed by atoms with van der Waals surface area (Å²) in [5, 5.41) is 15.1. The molecule has 20 heavy (non-hydrogen) atoms. The molecule has 0 bridgehead atoms. The highest BCUT2D eigenvalue weighted by Crippen LogP contribution is 2.26. The van der Waals surface area contributed by atoms with E-state index in [4.69, 9.17) is 5.11 Å². The van der Waals surface area contributed by atoms with E-state index in [1.165, 1.54) is 12.8 Å². The van der Waals surface area contributed by atoms with Crippen molar-refractivity contribution in [1.82, 2.24) is 10.6 Å². The summed E-state index contributed by atoms with van der Waals surface area (Å²) in [6.45, 7) is 1.91. The first-order valence-corrected chi connectivity index (χ1v) is 8.61. The first-order valence-electron chi connectivity index (χ1n) is 7.33. The third-order valence-corrected chi connectivity index (χ3v) is 4.79. The smallest absolute Gasteiger partial charge is 0.315 e. The molecule has 5 nitrogen and oxygen atoms in total. The predicted octanol–water partition coefficient (Wildman–Crippen LogP) is 2.60. The van der Waals surface area contributed by atoms with Crippen molar-refractivity contribution in [3.63, 3.8) is 0 Å². The Morgan fingerprint density at radius 3 is 2.80 bits per heavy atom. The first-order chi connectivity index (χ1) is 9.51. The number of carboxylic acids is 1. The molecule has 1 saturated carbocycles. The van der Waals surface area contributed by atoms with E-state index in [0.717, 1.165) is 12.8 Å². The second kappa shape index (κ2) is 9.10. The normalized spacial score (nSPS) is 23.9. The van der Waals surface area contributed by atoms with Crippen molar-refractivity contribution < 1.29 is 14.7 Å². The molecule has 0 aromatic rings. The van der Waals surface area contributed by atoms with Gasteiger partial charge in [-0.2, -0.15) is 11.8 Å². The number of carboxylic acid groups (broad SMARTS) is 1. The van der Waals surface area contributed by atoms with Gasteiger partial charge in [-0.1, -0.05) is 6.42 Å². The van der Waals surface area contributed by atoms with E-state index < -0.39 is 5.97 Å². The van der Waals surface area contributed by atoms with Crippen LogP contribution < -0.4 is 10.6 Å². The van der Waals surface area contributed by atoms with Crippen molar-refractivity contribution in [2.24, 2.45) is 0 Å². The van der Waals surface area contributed by atoms with E-state index in [9.17, 15) is 9.59 Å². The fourth-order valence-corrected chi connectivity index (χ4v) is 3.40. The average Bonchev–Trinajstić information content (AvgIpc) is 2.38. The fraction of sp³-hybridized carbons (Fsp3) is 0.857. The Morgan fingerprint density at radius 2 is 2.15 bits per heavy atom. The molecule has 0 saturated heterocycles. The summed E-state index contributed by atoms with van der Waals surface area (Å²) in [4.78, 5) is 22.3. The maximum Gasteiger partial charge on any atom is 0.315 e. The Balaban J connectivity index is 2.20. The van der Waals surface area contributed by atoms with E-state index in [1.54, 1.807) is 0 Å². The van der Waals surface area contributed by atoms with Crippen LogP contribution in [0.1, 0.15) is 51.9 Å². The van der Waals surface area contributed by atoms with Crippen LogP contribution in [0.5, 0.6) is 0 Å². The van der Waals surface area contributed by atoms with Crippen LogP contribution in [0.25, 0.3) is 0 Å². The van der Waals surface area contributed by atoms with Gasteiger partial charge in [0.05, 0.1) is 0 Å². The molecule has 1 aliphatic carbocycles. The monoisotopic (exact) mass is 302 g/mol. The lowest BCUT2D eigenvalue weighted by Crippen LogP contribution is -2.47. The van der Waals surface area contributed by atoms with Crippen LogP contribution in [0.2, 0.25) is 0 Å². The topological polar surface area (TPSA) is 78.4 Å². The minimum absolute atomic E-state index is 0.00860. The third-order valence-electron chi connectivity index (χ3n) is 3.70. The lowest BCUT2D eigenvalue weighted by molar-refractivity contribution is -0.137. The number of thioether (sulfide) groups is 1. The SMILES string of the molecule is CSC1CCCC(NC(=O)NC(C)CCCC(=O)O)C1. The van der Waals surface area contributed by atoms with Crippen molar-refractivity contribution in [2.75, 3.05) is 6.26 Å². The highest BCUT2D eigenvalue weighted by molar-refractivity contribution is 7.99. The molecule has 6 heteroatoms. The van der Waals surface area contributed by atoms with Crippen molar-refractivity contribution in [2.45, 2.75) is 69.2 Å². The molecule has 0 heterocycles. The predicted molar refractivity (Wildman–Crippen MR) is 82.2 cm³/mol. The van der Waals surface area contributed by atoms with Gasteiger partial charge >= 0.3 is 12.0 Å². The second-order valence-corrected chi connectivity index (χ2v) is 6.66. The number of amides is 2. The van der Waals surface area contributed by atoms with Crippen LogP contribution in [0.15, 0.2) is 0 Å². The zero-order chi connectivity index (χ0) is 15.0. The molecule has 3 N–H and O–H groups in total. The van der Waals surface area contributed by atoms with Crippen LogP contribution in [0, 0.1) is 0 Å². The Morgan fingerprint density at radius 1 is 1.40 bits per heavy atom. The Bertz CT molecular complexity index is 326. The summed E-state index contributed by atoms with van der Waals surface area (Å²) in [5.41, 5.74) is 0. The van der Waals surface area contributed by atoms with E-state index in [0.29, 0.717) is 18.1 Å². The molecule has 1 fully saturated rings. The zero-order valence-corrected chi connectivity index (χ0v) is 13.2. The molecule has 0 radical (unpaired) electrons. The second-order valence-electron chi connectivity index (χ2n) is 5.53. The highest BCUT2D eigenvalue weighted by Gasteiger charge is 2.22. The molecular formula is C14H26N2O3S. The molecule has 116 valence electrons. The van der Waals surface area contributed by atoms with E-state index in [-0.39, 0.29) is 24.5 Å². The lowest BCUT2D eigenvalue weighted by atomic mass is 9.95. The zero-order valence-electron chi connectivity index (χ0n) is 12.4. The van der Waals surface area contributed by atoms with E-state index in [1.807, 2.05) is 18.7 Å². The van der Waals surface area contributed by atoms with Gasteiger partial charge in [0.2, 0.25) is 0 Å². The number of carbonyl (C=O) groups excluding carboxylic acids is 1. The highest BCUT2D eigenvalue weighted by atomic mass is 32.2. The molecule has 2 amide bonds. The maximum absolute atomic E-state index is 11.9. The van der Waals surface area contributed by atoms with Gasteiger partial charge in [-0.25, -0.2) is 4.79 Å². The summed E-state index contributed by atoms with van der Waals surface area (Å²) >= 11 is 1.88. The van der Waals surface area contributed by atoms with Crippen molar-refractivity contribution in [3.8, 4) is 0 Å². The summed E-state index contributed by atoms with van der Waals surface area (Å²) in [7, 11) is 0. The Labute approximate surface area is 125 Å². The van der Waals surface area contributed by atoms with Gasteiger partial charge in [-0.15, -0.1) is 0 Å². The van der Waals surface area contributed by atoms with Gasteiger partial charge in [0.15, 0.2) is 0 Å². The quantitative estimate of drug-likeness (QED) is 0.675. The van der Waals surface area contributed by atoms with Crippen LogP contribution in [0.4, 0.5) is 4.79 Å². The molecule has 3 unspecified atom stereocenters. The fourth-order valence-electron chi connectivity index (χ4n) is 2.57. The lowest BCUT2D eigenvalue weighted by Gasteiger charge is -2.29. The summed E-state index contributed by atoms with van der Waals surface area (Å²) in [5.74, 6) is -0.785. The summed E-state index contributed by atoms with van der Waals surface area (Å²) < 4.78 is 0. The van der Waals surface area contributed by atoms with Crippen LogP contribution >= 0.6 is 11.8 Å². The van der Waals surface area contributed by atoms with Crippen molar-refractivity contribution in [3.05, 3.63) is 0 Å². The number of hydrogen-bond acceptors (Lipinski definition) is 3. The molecule has 0 aromatic carbocycles. The third kappa shape index (κ3) is 7.03. The molecular weight excluding hydrogens is 276 g/mol. The standard InChI is InChI=1S/C14H26N2O3S/c1-10(5-3-8-13(17)18)15-14(19)16-11-6-4-7-12(9-11)20-2/h10-12H,3-9H2,1-2H3,(H,17,18)(H2,15,16,19). The van der Waals surface area contributed by atoms with E-state index >= 15 is 0 Å². The van der Waals surface area contributed by atoms with Gasteiger partial charge in [-0.05, 0) is 45.3 Å². The van der Waals surface area contributed by atoms with Crippen LogP contribution in [-0.2, 0) is 4.79 Å². The molecule has 1 rings (SSSR count). The summed E-state index contributed by atoms with van der Waals surface area (Å²) in [6, 6.07) is 0.154. The Kier molecular flexibility index (Phi) is 7.80. The summed E-state index contributed by atoms with van der Waals surface area (Å²) in [6.07, 6.45) is 8.08. The van der Waals surface area contributed by atoms with Gasteiger partial charge in [0, 0.05) is 23.8 Å². The molecule has 3 atom stereocenters. The molecule has 0 spiro atoms. The first kappa shape index (κ1) is 17.1. The number of aliphatic carboxylic acids is 1. The molecule has 0 aromatic heterocycles. The number of rotatable bonds is 7. The van der Waals surface area contributed by atoms with Crippen molar-refractivity contribution >= 4 is 23.8 Å². The Hall–Kier alpha value is -0.910. The van der Waals surface area contributed by atoms with Gasteiger partial charge in [-0.3, -0.25) is 4.79 Å². The minimum atomic E-state index is -0.785. The minimum Gasteiger partial charge on any atom is -0.481 e. The number of hydrogen-bond donors (Lipinski definition) is 3. The van der Waals surface area contributed by atoms with Gasteiger partial charge in [0.1, 0.15) is 0 Å². The number of carbonyl (C=O) groups is 2. The van der Waals surface area contributed by atoms with Crippen LogP contribution in [-0.4, -0.2) is 40.7 Å².